The number of hydrogen-bond acceptors (Lipinski definition) is 4. The van der Waals surface area contributed by atoms with Gasteiger partial charge in [0.25, 0.3) is 0 Å². The number of rotatable bonds is 1. The predicted molar refractivity (Wildman–Crippen MR) is 53.2 cm³/mol. The minimum absolute atomic E-state index is 0.242. The molecule has 0 saturated heterocycles. The van der Waals surface area contributed by atoms with Crippen LogP contribution in [-0.2, 0) is 4.74 Å². The first-order valence-electron chi connectivity index (χ1n) is 4.36. The molecule has 15 heavy (non-hydrogen) atoms. The maximum atomic E-state index is 11.3. The summed E-state index contributed by atoms with van der Waals surface area (Å²) in [6.45, 7) is 5.26. The molecular formula is C9H12N4O2. The maximum Gasteiger partial charge on any atom is 0.413 e. The maximum absolute atomic E-state index is 11.3. The number of carbonyl (C=O) groups is 1. The number of carbonyl (C=O) groups excluding carboxylic acids is 1. The van der Waals surface area contributed by atoms with Crippen molar-refractivity contribution in [2.75, 3.05) is 5.32 Å². The van der Waals surface area contributed by atoms with Gasteiger partial charge in [-0.3, -0.25) is 10.4 Å². The highest BCUT2D eigenvalue weighted by Gasteiger charge is 2.17. The molecule has 0 aliphatic carbocycles. The Kier molecular flexibility index (Phi) is 2.95. The third-order valence-corrected chi connectivity index (χ3v) is 1.39. The molecule has 1 rings (SSSR count). The van der Waals surface area contributed by atoms with Crippen LogP contribution in [0.15, 0.2) is 6.20 Å². The lowest BCUT2D eigenvalue weighted by Gasteiger charge is -2.19. The largest absolute Gasteiger partial charge is 0.444 e. The lowest BCUT2D eigenvalue weighted by Crippen LogP contribution is -2.27. The highest BCUT2D eigenvalue weighted by atomic mass is 16.6. The van der Waals surface area contributed by atoms with Gasteiger partial charge in [0.15, 0.2) is 0 Å². The number of nitriles is 1. The van der Waals surface area contributed by atoms with E-state index in [4.69, 9.17) is 10.00 Å². The summed E-state index contributed by atoms with van der Waals surface area (Å²) in [5.41, 5.74) is -0.308. The standard InChI is InChI=1S/C9H12N4O2/c1-9(2,3)15-8(14)12-7-6(4-10)5-11-13-7/h5H,1-3H3,(H2,11,12,13,14). The van der Waals surface area contributed by atoms with Gasteiger partial charge < -0.3 is 4.74 Å². The van der Waals surface area contributed by atoms with Gasteiger partial charge in [0.2, 0.25) is 0 Å². The molecular weight excluding hydrogens is 196 g/mol. The van der Waals surface area contributed by atoms with Crippen molar-refractivity contribution >= 4 is 11.9 Å². The Labute approximate surface area is 87.2 Å². The zero-order valence-electron chi connectivity index (χ0n) is 8.79. The van der Waals surface area contributed by atoms with Crippen molar-refractivity contribution in [3.05, 3.63) is 11.8 Å². The predicted octanol–water partition coefficient (Wildman–Crippen LogP) is 1.63. The lowest BCUT2D eigenvalue weighted by molar-refractivity contribution is 0.0635. The van der Waals surface area contributed by atoms with Crippen molar-refractivity contribution in [2.45, 2.75) is 26.4 Å². The van der Waals surface area contributed by atoms with Crippen LogP contribution in [0.2, 0.25) is 0 Å². The van der Waals surface area contributed by atoms with Crippen molar-refractivity contribution < 1.29 is 9.53 Å². The molecule has 0 bridgehead atoms. The molecule has 2 N–H and O–H groups in total. The van der Waals surface area contributed by atoms with E-state index in [9.17, 15) is 4.79 Å². The number of nitrogens with zero attached hydrogens (tertiary/aromatic N) is 2. The Hall–Kier alpha value is -2.03. The van der Waals surface area contributed by atoms with Gasteiger partial charge in [-0.15, -0.1) is 0 Å². The van der Waals surface area contributed by atoms with Crippen LogP contribution in [0.3, 0.4) is 0 Å². The number of ether oxygens (including phenoxy) is 1. The van der Waals surface area contributed by atoms with Crippen LogP contribution >= 0.6 is 0 Å². The van der Waals surface area contributed by atoms with Gasteiger partial charge in [-0.05, 0) is 20.8 Å². The van der Waals surface area contributed by atoms with E-state index in [1.165, 1.54) is 6.20 Å². The van der Waals surface area contributed by atoms with Crippen LogP contribution in [-0.4, -0.2) is 21.9 Å². The van der Waals surface area contributed by atoms with Crippen LogP contribution in [0.4, 0.5) is 10.6 Å². The second kappa shape index (κ2) is 4.00. The molecule has 0 spiro atoms. The molecule has 1 aromatic rings. The van der Waals surface area contributed by atoms with Crippen molar-refractivity contribution in [3.63, 3.8) is 0 Å². The molecule has 0 unspecified atom stereocenters. The quantitative estimate of drug-likeness (QED) is 0.733. The van der Waals surface area contributed by atoms with Crippen LogP contribution in [0, 0.1) is 11.3 Å². The van der Waals surface area contributed by atoms with E-state index in [1.807, 2.05) is 6.07 Å². The fourth-order valence-corrected chi connectivity index (χ4v) is 0.872. The van der Waals surface area contributed by atoms with E-state index in [0.29, 0.717) is 0 Å². The summed E-state index contributed by atoms with van der Waals surface area (Å²) in [6.07, 6.45) is 0.704. The number of anilines is 1. The Morgan fingerprint density at radius 2 is 2.33 bits per heavy atom. The Bertz CT molecular complexity index is 397. The molecule has 0 saturated carbocycles. The van der Waals surface area contributed by atoms with Crippen LogP contribution in [0.5, 0.6) is 0 Å². The average Bonchev–Trinajstić information content (AvgIpc) is 2.48. The lowest BCUT2D eigenvalue weighted by atomic mass is 10.2. The van der Waals surface area contributed by atoms with Gasteiger partial charge in [0.05, 0.1) is 6.20 Å². The summed E-state index contributed by atoms with van der Waals surface area (Å²) in [7, 11) is 0. The van der Waals surface area contributed by atoms with Crippen molar-refractivity contribution in [3.8, 4) is 6.07 Å². The zero-order chi connectivity index (χ0) is 11.5. The second-order valence-corrected chi connectivity index (χ2v) is 3.90. The molecule has 0 fully saturated rings. The summed E-state index contributed by atoms with van der Waals surface area (Å²) < 4.78 is 5.00. The molecule has 1 aromatic heterocycles. The van der Waals surface area contributed by atoms with Gasteiger partial charge in [0.1, 0.15) is 23.1 Å². The molecule has 0 radical (unpaired) electrons. The van der Waals surface area contributed by atoms with Crippen molar-refractivity contribution in [2.24, 2.45) is 0 Å². The van der Waals surface area contributed by atoms with Gasteiger partial charge >= 0.3 is 6.09 Å². The summed E-state index contributed by atoms with van der Waals surface area (Å²) >= 11 is 0. The number of aromatic amines is 1. The van der Waals surface area contributed by atoms with Gasteiger partial charge in [-0.25, -0.2) is 4.79 Å². The number of hydrogen-bond donors (Lipinski definition) is 2. The van der Waals surface area contributed by atoms with Gasteiger partial charge in [-0.1, -0.05) is 0 Å². The smallest absolute Gasteiger partial charge is 0.413 e. The van der Waals surface area contributed by atoms with E-state index in [1.54, 1.807) is 20.8 Å². The molecule has 0 aliphatic rings. The van der Waals surface area contributed by atoms with Crippen LogP contribution in [0.25, 0.3) is 0 Å². The molecule has 0 aromatic carbocycles. The normalized spacial score (nSPS) is 10.5. The highest BCUT2D eigenvalue weighted by Crippen LogP contribution is 2.12. The van der Waals surface area contributed by atoms with Crippen LogP contribution < -0.4 is 5.32 Å². The molecule has 6 heteroatoms. The highest BCUT2D eigenvalue weighted by molar-refractivity contribution is 5.85. The number of nitrogens with one attached hydrogen (secondary N) is 2. The van der Waals surface area contributed by atoms with Gasteiger partial charge in [0, 0.05) is 0 Å². The molecule has 1 amide bonds. The number of amides is 1. The monoisotopic (exact) mass is 208 g/mol. The van der Waals surface area contributed by atoms with Crippen LogP contribution in [0.1, 0.15) is 26.3 Å². The van der Waals surface area contributed by atoms with Gasteiger partial charge in [-0.2, -0.15) is 10.4 Å². The molecule has 80 valence electrons. The third kappa shape index (κ3) is 3.31. The molecule has 1 heterocycles. The first-order chi connectivity index (χ1) is 6.92. The van der Waals surface area contributed by atoms with E-state index < -0.39 is 11.7 Å². The van der Waals surface area contributed by atoms with E-state index in [2.05, 4.69) is 15.5 Å². The zero-order valence-corrected chi connectivity index (χ0v) is 8.79. The minimum Gasteiger partial charge on any atom is -0.444 e. The second-order valence-electron chi connectivity index (χ2n) is 3.90. The Morgan fingerprint density at radius 1 is 1.67 bits per heavy atom. The minimum atomic E-state index is -0.622. The summed E-state index contributed by atoms with van der Waals surface area (Å²) in [6, 6.07) is 1.88. The van der Waals surface area contributed by atoms with E-state index in [0.717, 1.165) is 0 Å². The summed E-state index contributed by atoms with van der Waals surface area (Å²) in [5.74, 6) is 0.242. The van der Waals surface area contributed by atoms with E-state index in [-0.39, 0.29) is 11.4 Å². The SMILES string of the molecule is CC(C)(C)OC(=O)Nc1[nH]ncc1C#N. The molecule has 0 aliphatic heterocycles. The fraction of sp³-hybridized carbons (Fsp3) is 0.444. The topological polar surface area (TPSA) is 90.8 Å². The first-order valence-corrected chi connectivity index (χ1v) is 4.36. The first kappa shape index (κ1) is 11.0. The average molecular weight is 208 g/mol. The number of H-pyrrole nitrogens is 1. The Balaban J connectivity index is 2.64. The third-order valence-electron chi connectivity index (χ3n) is 1.39. The molecule has 0 atom stereocenters. The summed E-state index contributed by atoms with van der Waals surface area (Å²) in [4.78, 5) is 11.3. The van der Waals surface area contributed by atoms with Crippen molar-refractivity contribution in [1.29, 1.82) is 5.26 Å². The summed E-state index contributed by atoms with van der Waals surface area (Å²) in [5, 5.41) is 17.2. The van der Waals surface area contributed by atoms with E-state index >= 15 is 0 Å². The fourth-order valence-electron chi connectivity index (χ4n) is 0.872. The Morgan fingerprint density at radius 3 is 2.87 bits per heavy atom. The van der Waals surface area contributed by atoms with Crippen molar-refractivity contribution in [1.82, 2.24) is 10.2 Å². The molecule has 6 nitrogen and oxygen atoms in total. The number of aromatic nitrogens is 2.